The second kappa shape index (κ2) is 5.42. The summed E-state index contributed by atoms with van der Waals surface area (Å²) in [5.74, 6) is -0.0130. The summed E-state index contributed by atoms with van der Waals surface area (Å²) in [6.45, 7) is 4.56. The lowest BCUT2D eigenvalue weighted by Gasteiger charge is -2.40. The Bertz CT molecular complexity index is 934. The van der Waals surface area contributed by atoms with Crippen molar-refractivity contribution < 1.29 is 9.72 Å². The van der Waals surface area contributed by atoms with E-state index in [-0.39, 0.29) is 17.0 Å². The van der Waals surface area contributed by atoms with Crippen LogP contribution in [0.5, 0.6) is 0 Å². The molecule has 0 saturated carbocycles. The first-order valence-electron chi connectivity index (χ1n) is 8.47. The van der Waals surface area contributed by atoms with Crippen molar-refractivity contribution in [3.05, 3.63) is 75.8 Å². The third kappa shape index (κ3) is 2.15. The number of anilines is 1. The molecule has 6 heteroatoms. The number of nitrogens with zero attached hydrogens (tertiary/aromatic N) is 2. The minimum atomic E-state index is -0.657. The monoisotopic (exact) mass is 349 g/mol. The number of hydrogen-bond acceptors (Lipinski definition) is 4. The minimum Gasteiger partial charge on any atom is -0.335 e. The van der Waals surface area contributed by atoms with Gasteiger partial charge >= 0.3 is 0 Å². The van der Waals surface area contributed by atoms with Crippen molar-refractivity contribution in [2.24, 2.45) is 0 Å². The molecule has 2 aliphatic rings. The van der Waals surface area contributed by atoms with E-state index in [2.05, 4.69) is 30.1 Å². The van der Waals surface area contributed by atoms with Gasteiger partial charge in [-0.05, 0) is 35.4 Å². The van der Waals surface area contributed by atoms with Crippen molar-refractivity contribution in [3.63, 3.8) is 0 Å². The summed E-state index contributed by atoms with van der Waals surface area (Å²) < 4.78 is 0. The first kappa shape index (κ1) is 16.3. The molecule has 26 heavy (non-hydrogen) atoms. The molecule has 2 heterocycles. The van der Waals surface area contributed by atoms with Gasteiger partial charge in [0, 0.05) is 23.2 Å². The van der Waals surface area contributed by atoms with Crippen LogP contribution < -0.4 is 10.2 Å². The normalized spacial score (nSPS) is 23.0. The Kier molecular flexibility index (Phi) is 3.41. The Morgan fingerprint density at radius 1 is 1.15 bits per heavy atom. The molecule has 0 spiro atoms. The second-order valence-electron chi connectivity index (χ2n) is 7.22. The van der Waals surface area contributed by atoms with Crippen LogP contribution in [-0.2, 0) is 10.2 Å². The number of amides is 1. The van der Waals surface area contributed by atoms with Crippen LogP contribution in [0.2, 0.25) is 0 Å². The molecule has 1 saturated heterocycles. The number of nitrogens with one attached hydrogen (secondary N) is 1. The van der Waals surface area contributed by atoms with Gasteiger partial charge in [-0.3, -0.25) is 14.9 Å². The lowest BCUT2D eigenvalue weighted by molar-refractivity contribution is -0.384. The van der Waals surface area contributed by atoms with Crippen molar-refractivity contribution in [2.45, 2.75) is 24.9 Å². The molecule has 132 valence electrons. The third-order valence-corrected chi connectivity index (χ3v) is 5.50. The highest BCUT2D eigenvalue weighted by atomic mass is 16.6. The molecule has 0 aliphatic carbocycles. The molecule has 1 atom stereocenters. The topological polar surface area (TPSA) is 75.5 Å². The van der Waals surface area contributed by atoms with E-state index in [1.165, 1.54) is 17.7 Å². The molecule has 1 N–H and O–H groups in total. The predicted octanol–water partition coefficient (Wildman–Crippen LogP) is 3.23. The molecule has 0 bridgehead atoms. The van der Waals surface area contributed by atoms with E-state index in [0.717, 1.165) is 11.3 Å². The number of nitro groups is 1. The first-order valence-corrected chi connectivity index (χ1v) is 8.47. The van der Waals surface area contributed by atoms with Gasteiger partial charge in [0.1, 0.15) is 5.66 Å². The van der Waals surface area contributed by atoms with Crippen molar-refractivity contribution in [2.75, 3.05) is 11.4 Å². The molecule has 4 rings (SSSR count). The van der Waals surface area contributed by atoms with Crippen molar-refractivity contribution in [3.8, 4) is 0 Å². The largest absolute Gasteiger partial charge is 0.335 e. The lowest BCUT2D eigenvalue weighted by atomic mass is 9.75. The van der Waals surface area contributed by atoms with E-state index in [1.54, 1.807) is 12.1 Å². The summed E-state index contributed by atoms with van der Waals surface area (Å²) in [4.78, 5) is 24.7. The predicted molar refractivity (Wildman–Crippen MR) is 99.8 cm³/mol. The van der Waals surface area contributed by atoms with E-state index >= 15 is 0 Å². The summed E-state index contributed by atoms with van der Waals surface area (Å²) >= 11 is 0. The van der Waals surface area contributed by atoms with Crippen LogP contribution in [0.15, 0.2) is 54.6 Å². The molecule has 6 nitrogen and oxygen atoms in total. The van der Waals surface area contributed by atoms with Gasteiger partial charge in [-0.15, -0.1) is 0 Å². The van der Waals surface area contributed by atoms with Crippen LogP contribution >= 0.6 is 0 Å². The minimum absolute atomic E-state index is 0.0130. The Balaban J connectivity index is 1.76. The van der Waals surface area contributed by atoms with Crippen LogP contribution in [0.25, 0.3) is 6.08 Å². The van der Waals surface area contributed by atoms with E-state index in [9.17, 15) is 14.9 Å². The zero-order valence-corrected chi connectivity index (χ0v) is 14.6. The zero-order chi connectivity index (χ0) is 18.5. The molecule has 0 radical (unpaired) electrons. The number of benzene rings is 2. The van der Waals surface area contributed by atoms with Gasteiger partial charge in [0.15, 0.2) is 0 Å². The van der Waals surface area contributed by atoms with Crippen molar-refractivity contribution >= 4 is 23.4 Å². The van der Waals surface area contributed by atoms with Crippen molar-refractivity contribution in [1.29, 1.82) is 0 Å². The van der Waals surface area contributed by atoms with Gasteiger partial charge in [0.2, 0.25) is 5.91 Å². The van der Waals surface area contributed by atoms with E-state index in [0.29, 0.717) is 6.54 Å². The molecular formula is C20H19N3O3. The molecule has 0 aromatic heterocycles. The maximum atomic E-state index is 12.2. The summed E-state index contributed by atoms with van der Waals surface area (Å²) in [7, 11) is 0. The maximum absolute atomic E-state index is 12.2. The fraction of sp³-hybridized carbons (Fsp3) is 0.250. The van der Waals surface area contributed by atoms with E-state index in [1.807, 2.05) is 30.4 Å². The fourth-order valence-corrected chi connectivity index (χ4v) is 4.06. The van der Waals surface area contributed by atoms with E-state index in [4.69, 9.17) is 0 Å². The van der Waals surface area contributed by atoms with Gasteiger partial charge in [-0.2, -0.15) is 0 Å². The number of fused-ring (bicyclic) bond motifs is 3. The van der Waals surface area contributed by atoms with E-state index < -0.39 is 10.6 Å². The quantitative estimate of drug-likeness (QED) is 0.682. The Morgan fingerprint density at radius 3 is 2.54 bits per heavy atom. The smallest absolute Gasteiger partial charge is 0.269 e. The lowest BCUT2D eigenvalue weighted by Crippen LogP contribution is -2.58. The molecule has 2 aromatic carbocycles. The number of hydrogen-bond donors (Lipinski definition) is 1. The summed E-state index contributed by atoms with van der Waals surface area (Å²) in [5, 5.41) is 14.0. The average Bonchev–Trinajstić information content (AvgIpc) is 3.05. The number of nitro benzene ring substituents is 1. The zero-order valence-electron chi connectivity index (χ0n) is 14.6. The van der Waals surface area contributed by atoms with Crippen LogP contribution in [0, 0.1) is 10.1 Å². The number of non-ortho nitro benzene ring substituents is 1. The Morgan fingerprint density at radius 2 is 1.85 bits per heavy atom. The average molecular weight is 349 g/mol. The molecule has 1 amide bonds. The molecule has 2 aromatic rings. The van der Waals surface area contributed by atoms with Gasteiger partial charge in [-0.1, -0.05) is 38.1 Å². The van der Waals surface area contributed by atoms with Crippen LogP contribution in [-0.4, -0.2) is 23.0 Å². The van der Waals surface area contributed by atoms with Crippen LogP contribution in [0.3, 0.4) is 0 Å². The SMILES string of the molecule is CC1(C)c2ccccc2N2CC(=O)NC21/C=C/c1ccc([N+](=O)[O-])cc1. The fourth-order valence-electron chi connectivity index (χ4n) is 4.06. The molecule has 1 fully saturated rings. The Hall–Kier alpha value is -3.15. The number of carbonyl (C=O) groups is 1. The Labute approximate surface area is 151 Å². The highest BCUT2D eigenvalue weighted by molar-refractivity contribution is 5.91. The highest BCUT2D eigenvalue weighted by Gasteiger charge is 2.59. The van der Waals surface area contributed by atoms with Gasteiger partial charge in [0.25, 0.3) is 5.69 Å². The second-order valence-corrected chi connectivity index (χ2v) is 7.22. The number of carbonyl (C=O) groups excluding carboxylic acids is 1. The third-order valence-electron chi connectivity index (χ3n) is 5.50. The van der Waals surface area contributed by atoms with Crippen LogP contribution in [0.4, 0.5) is 11.4 Å². The van der Waals surface area contributed by atoms with Crippen LogP contribution in [0.1, 0.15) is 25.0 Å². The molecular weight excluding hydrogens is 330 g/mol. The summed E-state index contributed by atoms with van der Waals surface area (Å²) in [6.07, 6.45) is 3.91. The van der Waals surface area contributed by atoms with Gasteiger partial charge in [-0.25, -0.2) is 0 Å². The molecule has 2 aliphatic heterocycles. The van der Waals surface area contributed by atoms with Crippen molar-refractivity contribution in [1.82, 2.24) is 5.32 Å². The first-order chi connectivity index (χ1) is 12.3. The summed E-state index contributed by atoms with van der Waals surface area (Å²) in [6, 6.07) is 14.5. The van der Waals surface area contributed by atoms with Gasteiger partial charge in [0.05, 0.1) is 11.5 Å². The highest BCUT2D eigenvalue weighted by Crippen LogP contribution is 2.52. The van der Waals surface area contributed by atoms with Gasteiger partial charge < -0.3 is 10.2 Å². The standard InChI is InChI=1S/C20H19N3O3/c1-19(2)16-5-3-4-6-17(16)22-13-18(24)21-20(19,22)12-11-14-7-9-15(10-8-14)23(25)26/h3-12H,13H2,1-2H3,(H,21,24)/b12-11+. The maximum Gasteiger partial charge on any atom is 0.269 e. The number of rotatable bonds is 3. The summed E-state index contributed by atoms with van der Waals surface area (Å²) in [5.41, 5.74) is 2.17. The number of para-hydroxylation sites is 1. The molecule has 1 unspecified atom stereocenters.